The van der Waals surface area contributed by atoms with Gasteiger partial charge in [0.05, 0.1) is 31.6 Å². The van der Waals surface area contributed by atoms with E-state index < -0.39 is 11.8 Å². The second-order valence-corrected chi connectivity index (χ2v) is 5.25. The minimum atomic E-state index is -0.644. The predicted molar refractivity (Wildman–Crippen MR) is 93.1 cm³/mol. The lowest BCUT2D eigenvalue weighted by atomic mass is 10.1. The predicted octanol–water partition coefficient (Wildman–Crippen LogP) is 0.173. The van der Waals surface area contributed by atoms with Crippen molar-refractivity contribution in [1.82, 2.24) is 4.90 Å². The SMILES string of the molecule is COC(=O)c1ccc(C(=O)N2CCOCC2)cc1N/N=C(\C#N)C(=N)N. The molecule has 10 nitrogen and oxygen atoms in total. The van der Waals surface area contributed by atoms with Gasteiger partial charge < -0.3 is 20.1 Å². The quantitative estimate of drug-likeness (QED) is 0.293. The Bertz CT molecular complexity index is 792. The van der Waals surface area contributed by atoms with E-state index in [0.717, 1.165) is 0 Å². The molecule has 1 amide bonds. The van der Waals surface area contributed by atoms with E-state index in [1.165, 1.54) is 25.3 Å². The summed E-state index contributed by atoms with van der Waals surface area (Å²) in [7, 11) is 1.22. The monoisotopic (exact) mass is 358 g/mol. The van der Waals surface area contributed by atoms with Crippen LogP contribution in [0.2, 0.25) is 0 Å². The normalized spacial score (nSPS) is 14.3. The number of amides is 1. The highest BCUT2D eigenvalue weighted by Crippen LogP contribution is 2.20. The second kappa shape index (κ2) is 8.59. The minimum absolute atomic E-state index is 0.121. The number of methoxy groups -OCH3 is 1. The molecule has 2 rings (SSSR count). The van der Waals surface area contributed by atoms with Gasteiger partial charge in [0, 0.05) is 18.7 Å². The van der Waals surface area contributed by atoms with Crippen molar-refractivity contribution in [3.8, 4) is 6.07 Å². The zero-order chi connectivity index (χ0) is 19.1. The van der Waals surface area contributed by atoms with Crippen molar-refractivity contribution in [1.29, 1.82) is 10.7 Å². The van der Waals surface area contributed by atoms with Crippen LogP contribution in [0.1, 0.15) is 20.7 Å². The number of hydrazone groups is 1. The van der Waals surface area contributed by atoms with Gasteiger partial charge in [0.1, 0.15) is 6.07 Å². The van der Waals surface area contributed by atoms with E-state index in [2.05, 4.69) is 10.5 Å². The third kappa shape index (κ3) is 4.34. The molecule has 0 saturated carbocycles. The van der Waals surface area contributed by atoms with Crippen LogP contribution in [0.4, 0.5) is 5.69 Å². The zero-order valence-electron chi connectivity index (χ0n) is 14.1. The average molecular weight is 358 g/mol. The molecular formula is C16H18N6O4. The molecule has 26 heavy (non-hydrogen) atoms. The van der Waals surface area contributed by atoms with E-state index in [9.17, 15) is 9.59 Å². The highest BCUT2D eigenvalue weighted by Gasteiger charge is 2.21. The van der Waals surface area contributed by atoms with Crippen molar-refractivity contribution >= 4 is 29.1 Å². The van der Waals surface area contributed by atoms with Gasteiger partial charge in [0.15, 0.2) is 5.84 Å². The lowest BCUT2D eigenvalue weighted by Crippen LogP contribution is -2.40. The van der Waals surface area contributed by atoms with Crippen LogP contribution < -0.4 is 11.2 Å². The van der Waals surface area contributed by atoms with Crippen LogP contribution >= 0.6 is 0 Å². The molecule has 1 aliphatic rings. The van der Waals surface area contributed by atoms with Crippen LogP contribution in [0, 0.1) is 16.7 Å². The van der Waals surface area contributed by atoms with Crippen LogP contribution in [-0.2, 0) is 9.47 Å². The lowest BCUT2D eigenvalue weighted by molar-refractivity contribution is 0.0303. The number of nitrogens with one attached hydrogen (secondary N) is 2. The van der Waals surface area contributed by atoms with Gasteiger partial charge in [-0.05, 0) is 18.2 Å². The van der Waals surface area contributed by atoms with Gasteiger partial charge in [-0.3, -0.25) is 15.6 Å². The highest BCUT2D eigenvalue weighted by atomic mass is 16.5. The number of hydrogen-bond acceptors (Lipinski definition) is 8. The van der Waals surface area contributed by atoms with Gasteiger partial charge in [-0.15, -0.1) is 0 Å². The maximum absolute atomic E-state index is 12.6. The molecule has 1 aliphatic heterocycles. The molecule has 0 unspecified atom stereocenters. The van der Waals surface area contributed by atoms with Crippen LogP contribution in [0.3, 0.4) is 0 Å². The maximum atomic E-state index is 12.6. The van der Waals surface area contributed by atoms with Crippen molar-refractivity contribution in [2.75, 3.05) is 38.8 Å². The molecule has 0 atom stereocenters. The van der Waals surface area contributed by atoms with E-state index in [1.54, 1.807) is 11.0 Å². The number of carbonyl (C=O) groups is 2. The van der Waals surface area contributed by atoms with Crippen LogP contribution in [0.5, 0.6) is 0 Å². The Morgan fingerprint density at radius 1 is 1.42 bits per heavy atom. The summed E-state index contributed by atoms with van der Waals surface area (Å²) >= 11 is 0. The molecule has 10 heteroatoms. The molecule has 0 radical (unpaired) electrons. The number of nitrogens with zero attached hydrogens (tertiary/aromatic N) is 3. The van der Waals surface area contributed by atoms with Gasteiger partial charge in [0.25, 0.3) is 5.91 Å². The number of nitrogens with two attached hydrogens (primary N) is 1. The summed E-state index contributed by atoms with van der Waals surface area (Å²) in [5, 5.41) is 19.9. The van der Waals surface area contributed by atoms with Crippen LogP contribution in [0.15, 0.2) is 23.3 Å². The molecule has 1 aromatic rings. The van der Waals surface area contributed by atoms with Crippen LogP contribution in [-0.4, -0.2) is 61.7 Å². The molecule has 0 aromatic heterocycles. The van der Waals surface area contributed by atoms with Gasteiger partial charge >= 0.3 is 5.97 Å². The summed E-state index contributed by atoms with van der Waals surface area (Å²) < 4.78 is 9.93. The molecule has 0 spiro atoms. The Hall–Kier alpha value is -3.45. The Kier molecular flexibility index (Phi) is 6.24. The summed E-state index contributed by atoms with van der Waals surface area (Å²) in [5.41, 5.74) is 8.00. The molecule has 1 heterocycles. The summed E-state index contributed by atoms with van der Waals surface area (Å²) in [4.78, 5) is 26.1. The topological polar surface area (TPSA) is 154 Å². The van der Waals surface area contributed by atoms with Crippen LogP contribution in [0.25, 0.3) is 0 Å². The van der Waals surface area contributed by atoms with Crippen molar-refractivity contribution in [2.45, 2.75) is 0 Å². The largest absolute Gasteiger partial charge is 0.465 e. The van der Waals surface area contributed by atoms with Crippen molar-refractivity contribution < 1.29 is 19.1 Å². The number of esters is 1. The first-order valence-corrected chi connectivity index (χ1v) is 7.65. The number of rotatable bonds is 5. The van der Waals surface area contributed by atoms with E-state index >= 15 is 0 Å². The van der Waals surface area contributed by atoms with E-state index in [0.29, 0.717) is 31.9 Å². The summed E-state index contributed by atoms with van der Waals surface area (Å²) in [6, 6.07) is 6.03. The molecule has 1 fully saturated rings. The number of ether oxygens (including phenoxy) is 2. The molecule has 136 valence electrons. The van der Waals surface area contributed by atoms with Crippen molar-refractivity contribution in [3.05, 3.63) is 29.3 Å². The first kappa shape index (κ1) is 18.9. The van der Waals surface area contributed by atoms with Crippen molar-refractivity contribution in [2.24, 2.45) is 10.8 Å². The van der Waals surface area contributed by atoms with Gasteiger partial charge in [-0.1, -0.05) is 0 Å². The highest BCUT2D eigenvalue weighted by molar-refractivity contribution is 6.45. The zero-order valence-corrected chi connectivity index (χ0v) is 14.1. The maximum Gasteiger partial charge on any atom is 0.340 e. The number of amidine groups is 1. The van der Waals surface area contributed by atoms with Gasteiger partial charge in [-0.2, -0.15) is 10.4 Å². The van der Waals surface area contributed by atoms with Gasteiger partial charge in [-0.25, -0.2) is 4.79 Å². The standard InChI is InChI=1S/C16H18N6O4/c1-25-16(24)11-3-2-10(15(23)22-4-6-26-7-5-22)8-12(11)20-21-13(9-17)14(18)19/h2-3,8,20H,4-7H2,1H3,(H3,18,19)/b21-13+. The fourth-order valence-electron chi connectivity index (χ4n) is 2.27. The average Bonchev–Trinajstić information content (AvgIpc) is 2.67. The summed E-state index contributed by atoms with van der Waals surface area (Å²) in [6.45, 7) is 1.87. The first-order valence-electron chi connectivity index (χ1n) is 7.65. The molecule has 1 saturated heterocycles. The number of anilines is 1. The number of benzene rings is 1. The van der Waals surface area contributed by atoms with Crippen molar-refractivity contribution in [3.63, 3.8) is 0 Å². The Balaban J connectivity index is 2.35. The van der Waals surface area contributed by atoms with E-state index in [1.807, 2.05) is 0 Å². The van der Waals surface area contributed by atoms with Gasteiger partial charge in [0.2, 0.25) is 5.71 Å². The van der Waals surface area contributed by atoms with E-state index in [4.69, 9.17) is 25.9 Å². The second-order valence-electron chi connectivity index (χ2n) is 5.25. The number of hydrogen-bond donors (Lipinski definition) is 3. The lowest BCUT2D eigenvalue weighted by Gasteiger charge is -2.27. The first-order chi connectivity index (χ1) is 12.5. The third-order valence-electron chi connectivity index (χ3n) is 3.62. The molecule has 1 aromatic carbocycles. The number of carbonyl (C=O) groups excluding carboxylic acids is 2. The molecule has 4 N–H and O–H groups in total. The minimum Gasteiger partial charge on any atom is -0.465 e. The summed E-state index contributed by atoms with van der Waals surface area (Å²) in [5.74, 6) is -1.39. The number of nitriles is 1. The molecule has 0 bridgehead atoms. The molecule has 0 aliphatic carbocycles. The fraction of sp³-hybridized carbons (Fsp3) is 0.312. The third-order valence-corrected chi connectivity index (χ3v) is 3.62. The number of morpholine rings is 1. The Labute approximate surface area is 149 Å². The smallest absolute Gasteiger partial charge is 0.340 e. The molecular weight excluding hydrogens is 340 g/mol. The fourth-order valence-corrected chi connectivity index (χ4v) is 2.27. The summed E-state index contributed by atoms with van der Waals surface area (Å²) in [6.07, 6.45) is 0. The Morgan fingerprint density at radius 3 is 2.69 bits per heavy atom. The van der Waals surface area contributed by atoms with E-state index in [-0.39, 0.29) is 22.9 Å². The Morgan fingerprint density at radius 2 is 2.12 bits per heavy atom.